The summed E-state index contributed by atoms with van der Waals surface area (Å²) in [5.41, 5.74) is 7.40. The summed E-state index contributed by atoms with van der Waals surface area (Å²) in [4.78, 5) is 27.6. The maximum absolute atomic E-state index is 12.4. The van der Waals surface area contributed by atoms with Gasteiger partial charge >= 0.3 is 5.97 Å². The van der Waals surface area contributed by atoms with Crippen LogP contribution >= 0.6 is 0 Å². The number of anilines is 1. The van der Waals surface area contributed by atoms with Crippen molar-refractivity contribution in [2.75, 3.05) is 19.0 Å². The molecule has 0 aliphatic heterocycles. The molecule has 3 aromatic carbocycles. The average molecular weight is 502 g/mol. The maximum Gasteiger partial charge on any atom is 0.320 e. The number of nitrogens with one attached hydrogen (secondary N) is 1. The van der Waals surface area contributed by atoms with Crippen LogP contribution in [-0.2, 0) is 4.79 Å². The van der Waals surface area contributed by atoms with Crippen molar-refractivity contribution < 1.29 is 28.9 Å². The highest BCUT2D eigenvalue weighted by Crippen LogP contribution is 2.37. The third-order valence-corrected chi connectivity index (χ3v) is 5.60. The van der Waals surface area contributed by atoms with Gasteiger partial charge in [-0.1, -0.05) is 18.2 Å². The van der Waals surface area contributed by atoms with E-state index >= 15 is 0 Å². The lowest BCUT2D eigenvalue weighted by Crippen LogP contribution is -2.30. The summed E-state index contributed by atoms with van der Waals surface area (Å²) in [6, 6.07) is 20.4. The molecule has 0 spiro atoms. The van der Waals surface area contributed by atoms with Gasteiger partial charge in [0.05, 0.1) is 19.2 Å². The van der Waals surface area contributed by atoms with Gasteiger partial charge in [-0.15, -0.1) is 0 Å². The molecule has 0 fully saturated rings. The first kappa shape index (κ1) is 25.5. The van der Waals surface area contributed by atoms with Crippen molar-refractivity contribution in [3.63, 3.8) is 0 Å². The summed E-state index contributed by atoms with van der Waals surface area (Å²) < 4.78 is 17.4. The van der Waals surface area contributed by atoms with Crippen molar-refractivity contribution in [3.8, 4) is 23.0 Å². The molecule has 0 unspecified atom stereocenters. The van der Waals surface area contributed by atoms with Crippen LogP contribution in [-0.4, -0.2) is 41.7 Å². The average Bonchev–Trinajstić information content (AvgIpc) is 2.92. The summed E-state index contributed by atoms with van der Waals surface area (Å²) in [6.45, 7) is 0.284. The van der Waals surface area contributed by atoms with Crippen LogP contribution < -0.4 is 25.3 Å². The number of aromatic nitrogens is 1. The molecule has 9 heteroatoms. The fraction of sp³-hybridized carbons (Fsp3) is 0.179. The maximum atomic E-state index is 12.4. The number of carboxylic acids is 1. The Balaban J connectivity index is 1.45. The number of hydrogen-bond acceptors (Lipinski definition) is 7. The van der Waals surface area contributed by atoms with E-state index in [1.807, 2.05) is 18.2 Å². The van der Waals surface area contributed by atoms with Gasteiger partial charge in [0.2, 0.25) is 0 Å². The van der Waals surface area contributed by atoms with E-state index in [4.69, 9.17) is 25.1 Å². The molecule has 4 rings (SSSR count). The van der Waals surface area contributed by atoms with E-state index in [0.717, 1.165) is 5.39 Å². The van der Waals surface area contributed by atoms with Gasteiger partial charge in [-0.25, -0.2) is 0 Å². The van der Waals surface area contributed by atoms with Crippen LogP contribution in [0.3, 0.4) is 0 Å². The second-order valence-corrected chi connectivity index (χ2v) is 8.21. The summed E-state index contributed by atoms with van der Waals surface area (Å²) in [5.74, 6) is 0.910. The number of hydrogen-bond donors (Lipinski definition) is 3. The van der Waals surface area contributed by atoms with Crippen molar-refractivity contribution in [2.24, 2.45) is 5.73 Å². The number of carbonyl (C=O) groups is 2. The first-order valence-corrected chi connectivity index (χ1v) is 11.7. The first-order valence-electron chi connectivity index (χ1n) is 11.7. The Morgan fingerprint density at radius 1 is 1.00 bits per heavy atom. The Morgan fingerprint density at radius 3 is 2.46 bits per heavy atom. The van der Waals surface area contributed by atoms with E-state index in [9.17, 15) is 9.59 Å². The van der Waals surface area contributed by atoms with Crippen LogP contribution in [0, 0.1) is 0 Å². The minimum Gasteiger partial charge on any atom is -0.493 e. The molecule has 0 saturated carbocycles. The summed E-state index contributed by atoms with van der Waals surface area (Å²) in [5, 5.41) is 12.5. The van der Waals surface area contributed by atoms with Gasteiger partial charge in [0.15, 0.2) is 11.5 Å². The number of amides is 1. The Hall–Kier alpha value is -4.63. The SMILES string of the molecule is COc1cc2c(Oc3ccc(NC(=O)c4ccccc4)cc3)ccnc2cc1OCCC[C@H](N)C(=O)O. The zero-order chi connectivity index (χ0) is 26.2. The number of benzene rings is 3. The smallest absolute Gasteiger partial charge is 0.320 e. The van der Waals surface area contributed by atoms with Crippen molar-refractivity contribution >= 4 is 28.5 Å². The Kier molecular flexibility index (Phi) is 8.17. The van der Waals surface area contributed by atoms with Crippen LogP contribution in [0.1, 0.15) is 23.2 Å². The van der Waals surface area contributed by atoms with E-state index in [1.165, 1.54) is 7.11 Å². The largest absolute Gasteiger partial charge is 0.493 e. The van der Waals surface area contributed by atoms with E-state index in [2.05, 4.69) is 10.3 Å². The summed E-state index contributed by atoms with van der Waals surface area (Å²) in [6.07, 6.45) is 2.41. The van der Waals surface area contributed by atoms with E-state index in [1.54, 1.807) is 60.8 Å². The molecule has 37 heavy (non-hydrogen) atoms. The van der Waals surface area contributed by atoms with Gasteiger partial charge in [0.25, 0.3) is 5.91 Å². The molecule has 4 N–H and O–H groups in total. The number of carboxylic acid groups (broad SMARTS) is 1. The number of carbonyl (C=O) groups excluding carboxylic acids is 1. The monoisotopic (exact) mass is 501 g/mol. The zero-order valence-corrected chi connectivity index (χ0v) is 20.2. The highest BCUT2D eigenvalue weighted by Gasteiger charge is 2.14. The zero-order valence-electron chi connectivity index (χ0n) is 20.2. The first-order chi connectivity index (χ1) is 17.9. The standard InChI is InChI=1S/C28H27N3O6/c1-35-25-16-21-23(17-26(25)36-15-5-8-22(29)28(33)34)30-14-13-24(21)37-20-11-9-19(10-12-20)31-27(32)18-6-3-2-4-7-18/h2-4,6-7,9-14,16-17,22H,5,8,15,29H2,1H3,(H,31,32)(H,33,34)/t22-/m0/s1. The minimum atomic E-state index is -1.04. The fourth-order valence-corrected chi connectivity index (χ4v) is 3.62. The highest BCUT2D eigenvalue weighted by atomic mass is 16.5. The molecule has 0 bridgehead atoms. The number of pyridine rings is 1. The third-order valence-electron chi connectivity index (χ3n) is 5.60. The molecule has 9 nitrogen and oxygen atoms in total. The van der Waals surface area contributed by atoms with E-state index in [-0.39, 0.29) is 12.5 Å². The molecule has 190 valence electrons. The molecule has 1 atom stereocenters. The topological polar surface area (TPSA) is 133 Å². The second kappa shape index (κ2) is 11.9. The minimum absolute atomic E-state index is 0.191. The number of nitrogens with zero attached hydrogens (tertiary/aromatic N) is 1. The molecule has 0 aliphatic rings. The van der Waals surface area contributed by atoms with Crippen molar-refractivity contribution in [1.29, 1.82) is 0 Å². The number of ether oxygens (including phenoxy) is 3. The molecule has 1 amide bonds. The number of methoxy groups -OCH3 is 1. The lowest BCUT2D eigenvalue weighted by atomic mass is 10.1. The van der Waals surface area contributed by atoms with Crippen LogP contribution in [0.25, 0.3) is 10.9 Å². The normalized spacial score (nSPS) is 11.5. The molecule has 4 aromatic rings. The Labute approximate surface area is 213 Å². The number of nitrogens with two attached hydrogens (primary N) is 1. The van der Waals surface area contributed by atoms with Crippen LogP contribution in [0.15, 0.2) is 79.0 Å². The van der Waals surface area contributed by atoms with Gasteiger partial charge in [-0.2, -0.15) is 0 Å². The molecular weight excluding hydrogens is 474 g/mol. The van der Waals surface area contributed by atoms with Crippen LogP contribution in [0.2, 0.25) is 0 Å². The molecule has 1 heterocycles. The molecule has 0 saturated heterocycles. The van der Waals surface area contributed by atoms with Gasteiger partial charge in [0, 0.05) is 28.9 Å². The second-order valence-electron chi connectivity index (χ2n) is 8.21. The third kappa shape index (κ3) is 6.53. The molecule has 0 radical (unpaired) electrons. The summed E-state index contributed by atoms with van der Waals surface area (Å²) >= 11 is 0. The molecule has 0 aliphatic carbocycles. The van der Waals surface area contributed by atoms with Crippen LogP contribution in [0.4, 0.5) is 5.69 Å². The van der Waals surface area contributed by atoms with E-state index < -0.39 is 12.0 Å². The van der Waals surface area contributed by atoms with Gasteiger partial charge in [-0.3, -0.25) is 14.6 Å². The van der Waals surface area contributed by atoms with Gasteiger partial charge in [-0.05, 0) is 61.4 Å². The summed E-state index contributed by atoms with van der Waals surface area (Å²) in [7, 11) is 1.54. The van der Waals surface area contributed by atoms with Gasteiger partial charge < -0.3 is 30.4 Å². The fourth-order valence-electron chi connectivity index (χ4n) is 3.62. The van der Waals surface area contributed by atoms with E-state index in [0.29, 0.717) is 52.6 Å². The Bertz CT molecular complexity index is 1380. The molecule has 1 aromatic heterocycles. The van der Waals surface area contributed by atoms with Crippen LogP contribution in [0.5, 0.6) is 23.0 Å². The van der Waals surface area contributed by atoms with Gasteiger partial charge in [0.1, 0.15) is 17.5 Å². The lowest BCUT2D eigenvalue weighted by Gasteiger charge is -2.14. The number of aliphatic carboxylic acids is 1. The lowest BCUT2D eigenvalue weighted by molar-refractivity contribution is -0.138. The van der Waals surface area contributed by atoms with Crippen molar-refractivity contribution in [2.45, 2.75) is 18.9 Å². The predicted octanol–water partition coefficient (Wildman–Crippen LogP) is 4.86. The quantitative estimate of drug-likeness (QED) is 0.248. The highest BCUT2D eigenvalue weighted by molar-refractivity contribution is 6.04. The predicted molar refractivity (Wildman–Crippen MR) is 140 cm³/mol. The number of rotatable bonds is 11. The Morgan fingerprint density at radius 2 is 1.76 bits per heavy atom. The van der Waals surface area contributed by atoms with Crippen molar-refractivity contribution in [3.05, 3.63) is 84.6 Å². The van der Waals surface area contributed by atoms with Crippen molar-refractivity contribution in [1.82, 2.24) is 4.98 Å². The molecular formula is C28H27N3O6. The number of fused-ring (bicyclic) bond motifs is 1.